The van der Waals surface area contributed by atoms with Crippen LogP contribution in [-0.2, 0) is 6.54 Å². The van der Waals surface area contributed by atoms with Crippen LogP contribution in [0.4, 0.5) is 0 Å². The van der Waals surface area contributed by atoms with Crippen LogP contribution in [-0.4, -0.2) is 26.2 Å². The Balaban J connectivity index is 1.73. The summed E-state index contributed by atoms with van der Waals surface area (Å²) in [6.07, 6.45) is 2.60. The molecular weight excluding hydrogens is 224 g/mol. The molecule has 3 heteroatoms. The Bertz CT molecular complexity index is 348. The van der Waals surface area contributed by atoms with Crippen molar-refractivity contribution >= 4 is 0 Å². The Labute approximate surface area is 110 Å². The Morgan fingerprint density at radius 2 is 2.17 bits per heavy atom. The first-order valence-corrected chi connectivity index (χ1v) is 7.01. The first-order chi connectivity index (χ1) is 8.88. The van der Waals surface area contributed by atoms with Gasteiger partial charge in [-0.1, -0.05) is 12.1 Å². The summed E-state index contributed by atoms with van der Waals surface area (Å²) < 4.78 is 5.51. The van der Waals surface area contributed by atoms with Crippen molar-refractivity contribution in [1.82, 2.24) is 10.6 Å². The summed E-state index contributed by atoms with van der Waals surface area (Å²) in [4.78, 5) is 0. The molecule has 0 saturated carbocycles. The summed E-state index contributed by atoms with van der Waals surface area (Å²) in [5.74, 6) is 1.81. The van der Waals surface area contributed by atoms with Crippen LogP contribution < -0.4 is 15.4 Å². The van der Waals surface area contributed by atoms with E-state index in [9.17, 15) is 0 Å². The third-order valence-electron chi connectivity index (χ3n) is 3.43. The van der Waals surface area contributed by atoms with Gasteiger partial charge in [0.25, 0.3) is 0 Å². The molecule has 0 unspecified atom stereocenters. The zero-order valence-corrected chi connectivity index (χ0v) is 11.2. The molecule has 0 radical (unpaired) electrons. The summed E-state index contributed by atoms with van der Waals surface area (Å²) in [6, 6.07) is 8.35. The van der Waals surface area contributed by atoms with Gasteiger partial charge in [-0.05, 0) is 63.0 Å². The second-order valence-corrected chi connectivity index (χ2v) is 4.90. The number of nitrogens with one attached hydrogen (secondary N) is 2. The van der Waals surface area contributed by atoms with Crippen LogP contribution in [0.3, 0.4) is 0 Å². The molecule has 1 aliphatic heterocycles. The second-order valence-electron chi connectivity index (χ2n) is 4.90. The highest BCUT2D eigenvalue weighted by molar-refractivity contribution is 5.28. The lowest BCUT2D eigenvalue weighted by atomic mass is 9.98. The van der Waals surface area contributed by atoms with E-state index in [-0.39, 0.29) is 0 Å². The molecule has 2 rings (SSSR count). The molecule has 18 heavy (non-hydrogen) atoms. The predicted octanol–water partition coefficient (Wildman–Crippen LogP) is 2.17. The number of rotatable bonds is 6. The third kappa shape index (κ3) is 4.31. The summed E-state index contributed by atoms with van der Waals surface area (Å²) in [6.45, 7) is 7.15. The molecule has 3 nitrogen and oxygen atoms in total. The van der Waals surface area contributed by atoms with Crippen LogP contribution in [0.25, 0.3) is 0 Å². The van der Waals surface area contributed by atoms with Crippen molar-refractivity contribution in [2.24, 2.45) is 5.92 Å². The maximum Gasteiger partial charge on any atom is 0.119 e. The highest BCUT2D eigenvalue weighted by Crippen LogP contribution is 2.14. The average molecular weight is 248 g/mol. The SMILES string of the molecule is CCOc1cccc(CNCC2CCNCC2)c1. The number of hydrogen-bond acceptors (Lipinski definition) is 3. The number of hydrogen-bond donors (Lipinski definition) is 2. The van der Waals surface area contributed by atoms with Gasteiger partial charge in [0.15, 0.2) is 0 Å². The van der Waals surface area contributed by atoms with E-state index in [4.69, 9.17) is 4.74 Å². The van der Waals surface area contributed by atoms with Crippen LogP contribution in [0.5, 0.6) is 5.75 Å². The first-order valence-electron chi connectivity index (χ1n) is 7.01. The largest absolute Gasteiger partial charge is 0.494 e. The predicted molar refractivity (Wildman–Crippen MR) is 74.9 cm³/mol. The maximum absolute atomic E-state index is 5.51. The molecule has 100 valence electrons. The standard InChI is InChI=1S/C15H24N2O/c1-2-18-15-5-3-4-14(10-15)12-17-11-13-6-8-16-9-7-13/h3-5,10,13,16-17H,2,6-9,11-12H2,1H3. The fourth-order valence-corrected chi connectivity index (χ4v) is 2.42. The molecule has 0 amide bonds. The average Bonchev–Trinajstić information content (AvgIpc) is 2.41. The molecule has 0 aromatic heterocycles. The summed E-state index contributed by atoms with van der Waals surface area (Å²) in [5.41, 5.74) is 1.30. The minimum Gasteiger partial charge on any atom is -0.494 e. The molecule has 1 heterocycles. The summed E-state index contributed by atoms with van der Waals surface area (Å²) in [7, 11) is 0. The Hall–Kier alpha value is -1.06. The Kier molecular flexibility index (Phi) is 5.49. The molecule has 1 fully saturated rings. The van der Waals surface area contributed by atoms with Crippen molar-refractivity contribution in [1.29, 1.82) is 0 Å². The highest BCUT2D eigenvalue weighted by atomic mass is 16.5. The highest BCUT2D eigenvalue weighted by Gasteiger charge is 2.11. The van der Waals surface area contributed by atoms with Gasteiger partial charge < -0.3 is 15.4 Å². The van der Waals surface area contributed by atoms with Crippen LogP contribution >= 0.6 is 0 Å². The van der Waals surface area contributed by atoms with Crippen molar-refractivity contribution in [2.75, 3.05) is 26.2 Å². The molecule has 0 atom stereocenters. The molecule has 1 aromatic carbocycles. The molecule has 0 spiro atoms. The lowest BCUT2D eigenvalue weighted by Gasteiger charge is -2.22. The quantitative estimate of drug-likeness (QED) is 0.809. The molecule has 1 saturated heterocycles. The zero-order valence-electron chi connectivity index (χ0n) is 11.2. The van der Waals surface area contributed by atoms with Crippen molar-refractivity contribution in [3.8, 4) is 5.75 Å². The van der Waals surface area contributed by atoms with E-state index in [0.29, 0.717) is 0 Å². The van der Waals surface area contributed by atoms with Crippen molar-refractivity contribution in [2.45, 2.75) is 26.3 Å². The van der Waals surface area contributed by atoms with Crippen molar-refractivity contribution < 1.29 is 4.74 Å². The van der Waals surface area contributed by atoms with Gasteiger partial charge in [0.05, 0.1) is 6.61 Å². The molecule has 1 aliphatic rings. The monoisotopic (exact) mass is 248 g/mol. The van der Waals surface area contributed by atoms with E-state index in [2.05, 4.69) is 28.8 Å². The van der Waals surface area contributed by atoms with E-state index in [1.807, 2.05) is 13.0 Å². The van der Waals surface area contributed by atoms with E-state index < -0.39 is 0 Å². The molecule has 2 N–H and O–H groups in total. The van der Waals surface area contributed by atoms with Gasteiger partial charge >= 0.3 is 0 Å². The Morgan fingerprint density at radius 3 is 2.94 bits per heavy atom. The first kappa shape index (κ1) is 13.4. The number of piperidine rings is 1. The maximum atomic E-state index is 5.51. The van der Waals surface area contributed by atoms with Crippen LogP contribution in [0.15, 0.2) is 24.3 Å². The topological polar surface area (TPSA) is 33.3 Å². The van der Waals surface area contributed by atoms with E-state index in [1.165, 1.54) is 31.5 Å². The molecule has 1 aromatic rings. The third-order valence-corrected chi connectivity index (χ3v) is 3.43. The number of benzene rings is 1. The van der Waals surface area contributed by atoms with Gasteiger partial charge in [-0.2, -0.15) is 0 Å². The van der Waals surface area contributed by atoms with Crippen LogP contribution in [0.1, 0.15) is 25.3 Å². The van der Waals surface area contributed by atoms with E-state index in [1.54, 1.807) is 0 Å². The van der Waals surface area contributed by atoms with Crippen LogP contribution in [0.2, 0.25) is 0 Å². The lowest BCUT2D eigenvalue weighted by Crippen LogP contribution is -2.33. The normalized spacial score (nSPS) is 16.7. The lowest BCUT2D eigenvalue weighted by molar-refractivity contribution is 0.339. The fraction of sp³-hybridized carbons (Fsp3) is 0.600. The minimum atomic E-state index is 0.728. The van der Waals surface area contributed by atoms with Gasteiger partial charge in [-0.15, -0.1) is 0 Å². The van der Waals surface area contributed by atoms with Gasteiger partial charge in [-0.25, -0.2) is 0 Å². The Morgan fingerprint density at radius 1 is 1.33 bits per heavy atom. The van der Waals surface area contributed by atoms with Crippen molar-refractivity contribution in [3.05, 3.63) is 29.8 Å². The van der Waals surface area contributed by atoms with Crippen LogP contribution in [0, 0.1) is 5.92 Å². The van der Waals surface area contributed by atoms with E-state index >= 15 is 0 Å². The van der Waals surface area contributed by atoms with Gasteiger partial charge in [0, 0.05) is 6.54 Å². The van der Waals surface area contributed by atoms with Gasteiger partial charge in [0.2, 0.25) is 0 Å². The zero-order chi connectivity index (χ0) is 12.6. The minimum absolute atomic E-state index is 0.728. The smallest absolute Gasteiger partial charge is 0.119 e. The molecule has 0 bridgehead atoms. The van der Waals surface area contributed by atoms with Gasteiger partial charge in [-0.3, -0.25) is 0 Å². The van der Waals surface area contributed by atoms with Crippen molar-refractivity contribution in [3.63, 3.8) is 0 Å². The fourth-order valence-electron chi connectivity index (χ4n) is 2.42. The molecule has 0 aliphatic carbocycles. The second kappa shape index (κ2) is 7.39. The van der Waals surface area contributed by atoms with Gasteiger partial charge in [0.1, 0.15) is 5.75 Å². The van der Waals surface area contributed by atoms with E-state index in [0.717, 1.165) is 31.4 Å². The summed E-state index contributed by atoms with van der Waals surface area (Å²) in [5, 5.41) is 6.96. The number of ether oxygens (including phenoxy) is 1. The summed E-state index contributed by atoms with van der Waals surface area (Å²) >= 11 is 0. The molecular formula is C15H24N2O.